The molecule has 0 atom stereocenters. The van der Waals surface area contributed by atoms with Crippen LogP contribution in [0.4, 0.5) is 30.2 Å². The van der Waals surface area contributed by atoms with E-state index in [1.54, 1.807) is 18.2 Å². The molecule has 0 saturated heterocycles. The van der Waals surface area contributed by atoms with Crippen LogP contribution in [0.15, 0.2) is 42.5 Å². The van der Waals surface area contributed by atoms with Gasteiger partial charge in [-0.2, -0.15) is 0 Å². The van der Waals surface area contributed by atoms with Crippen molar-refractivity contribution in [2.24, 2.45) is 0 Å². The van der Waals surface area contributed by atoms with Crippen LogP contribution >= 0.6 is 11.6 Å². The highest BCUT2D eigenvalue weighted by molar-refractivity contribution is 6.33. The fourth-order valence-corrected chi connectivity index (χ4v) is 3.28. The molecule has 0 unspecified atom stereocenters. The fourth-order valence-electron chi connectivity index (χ4n) is 3.00. The number of carbonyl (C=O) groups is 1. The van der Waals surface area contributed by atoms with Gasteiger partial charge in [-0.3, -0.25) is 0 Å². The molecule has 8 heteroatoms. The summed E-state index contributed by atoms with van der Waals surface area (Å²) in [5.74, 6) is -4.16. The van der Waals surface area contributed by atoms with Gasteiger partial charge in [-0.1, -0.05) is 29.8 Å². The van der Waals surface area contributed by atoms with Crippen LogP contribution in [0.1, 0.15) is 27.0 Å². The van der Waals surface area contributed by atoms with Crippen LogP contribution in [0, 0.1) is 24.4 Å². The number of benzene rings is 3. The van der Waals surface area contributed by atoms with E-state index in [4.69, 9.17) is 22.1 Å². The van der Waals surface area contributed by atoms with Crippen LogP contribution in [-0.2, 0) is 11.2 Å². The molecule has 0 aliphatic carbocycles. The number of nitrogens with two attached hydrogens (primary N) is 1. The number of hydrogen-bond acceptors (Lipinski definition) is 4. The number of nitrogens with one attached hydrogen (secondary N) is 1. The minimum atomic E-state index is -1.31. The maximum absolute atomic E-state index is 15.0. The second kappa shape index (κ2) is 8.67. The maximum Gasteiger partial charge on any atom is 0.340 e. The Morgan fingerprint density at radius 3 is 2.47 bits per heavy atom. The summed E-state index contributed by atoms with van der Waals surface area (Å²) in [5.41, 5.74) is 5.72. The van der Waals surface area contributed by atoms with Crippen LogP contribution < -0.4 is 11.1 Å². The Labute approximate surface area is 176 Å². The highest BCUT2D eigenvalue weighted by Gasteiger charge is 2.24. The zero-order valence-electron chi connectivity index (χ0n) is 16.2. The monoisotopic (exact) mass is 434 g/mol. The highest BCUT2D eigenvalue weighted by Crippen LogP contribution is 2.33. The molecule has 156 valence electrons. The molecule has 0 radical (unpaired) electrons. The predicted octanol–water partition coefficient (Wildman–Crippen LogP) is 5.77. The number of hydrogen-bond donors (Lipinski definition) is 2. The zero-order valence-corrected chi connectivity index (χ0v) is 16.9. The molecule has 0 heterocycles. The van der Waals surface area contributed by atoms with E-state index >= 15 is 0 Å². The van der Waals surface area contributed by atoms with Crippen molar-refractivity contribution in [2.75, 3.05) is 18.2 Å². The van der Waals surface area contributed by atoms with Gasteiger partial charge in [0.25, 0.3) is 0 Å². The van der Waals surface area contributed by atoms with E-state index in [-0.39, 0.29) is 39.5 Å². The van der Waals surface area contributed by atoms with Crippen molar-refractivity contribution in [3.63, 3.8) is 0 Å². The molecule has 0 fully saturated rings. The largest absolute Gasteiger partial charge is 0.465 e. The van der Waals surface area contributed by atoms with Crippen LogP contribution in [0.2, 0.25) is 5.02 Å². The van der Waals surface area contributed by atoms with Gasteiger partial charge in [0, 0.05) is 6.42 Å². The van der Waals surface area contributed by atoms with E-state index in [1.807, 2.05) is 6.92 Å². The van der Waals surface area contributed by atoms with Crippen molar-refractivity contribution in [1.29, 1.82) is 0 Å². The lowest BCUT2D eigenvalue weighted by molar-refractivity contribution is 0.0601. The fraction of sp³-hybridized carbons (Fsp3) is 0.136. The number of esters is 1. The normalized spacial score (nSPS) is 10.7. The Bertz CT molecular complexity index is 1140. The zero-order chi connectivity index (χ0) is 22.0. The molecular formula is C22H18ClF3N2O2. The van der Waals surface area contributed by atoms with Gasteiger partial charge in [-0.25, -0.2) is 18.0 Å². The van der Waals surface area contributed by atoms with Crippen molar-refractivity contribution < 1.29 is 22.7 Å². The van der Waals surface area contributed by atoms with Gasteiger partial charge in [-0.05, 0) is 47.9 Å². The van der Waals surface area contributed by atoms with E-state index in [2.05, 4.69) is 5.32 Å². The minimum absolute atomic E-state index is 0.0615. The van der Waals surface area contributed by atoms with Gasteiger partial charge in [-0.15, -0.1) is 0 Å². The van der Waals surface area contributed by atoms with Crippen LogP contribution in [0.3, 0.4) is 0 Å². The molecule has 0 aromatic heterocycles. The molecule has 3 aromatic carbocycles. The summed E-state index contributed by atoms with van der Waals surface area (Å²) >= 11 is 6.16. The van der Waals surface area contributed by atoms with Crippen LogP contribution in [-0.4, -0.2) is 13.1 Å². The number of aryl methyl sites for hydroxylation is 1. The minimum Gasteiger partial charge on any atom is -0.465 e. The van der Waals surface area contributed by atoms with Crippen molar-refractivity contribution in [2.45, 2.75) is 13.3 Å². The molecule has 3 N–H and O–H groups in total. The van der Waals surface area contributed by atoms with Gasteiger partial charge in [0.15, 0.2) is 11.6 Å². The van der Waals surface area contributed by atoms with E-state index in [0.29, 0.717) is 0 Å². The lowest BCUT2D eigenvalue weighted by Crippen LogP contribution is -2.12. The van der Waals surface area contributed by atoms with Crippen molar-refractivity contribution >= 4 is 34.6 Å². The number of rotatable bonds is 5. The van der Waals surface area contributed by atoms with Crippen molar-refractivity contribution in [3.8, 4) is 0 Å². The summed E-state index contributed by atoms with van der Waals surface area (Å²) in [7, 11) is 1.11. The highest BCUT2D eigenvalue weighted by atomic mass is 35.5. The van der Waals surface area contributed by atoms with Gasteiger partial charge < -0.3 is 15.8 Å². The van der Waals surface area contributed by atoms with E-state index in [0.717, 1.165) is 18.7 Å². The summed E-state index contributed by atoms with van der Waals surface area (Å²) in [6, 6.07) is 10.3. The van der Waals surface area contributed by atoms with Crippen LogP contribution in [0.5, 0.6) is 0 Å². The van der Waals surface area contributed by atoms with E-state index in [1.165, 1.54) is 18.2 Å². The molecule has 30 heavy (non-hydrogen) atoms. The van der Waals surface area contributed by atoms with Gasteiger partial charge >= 0.3 is 5.97 Å². The Hall–Kier alpha value is -3.19. The Morgan fingerprint density at radius 1 is 1.07 bits per heavy atom. The number of carbonyl (C=O) groups excluding carboxylic acids is 1. The van der Waals surface area contributed by atoms with Crippen LogP contribution in [0.25, 0.3) is 0 Å². The smallest absolute Gasteiger partial charge is 0.340 e. The molecule has 4 nitrogen and oxygen atoms in total. The molecule has 0 aliphatic heterocycles. The summed E-state index contributed by atoms with van der Waals surface area (Å²) in [6.07, 6.45) is -0.310. The summed E-state index contributed by atoms with van der Waals surface area (Å²) in [4.78, 5) is 12.3. The first-order valence-corrected chi connectivity index (χ1v) is 9.26. The average molecular weight is 435 g/mol. The number of nitrogen functional groups attached to an aromatic ring is 1. The molecule has 0 amide bonds. The molecule has 3 rings (SSSR count). The Kier molecular flexibility index (Phi) is 6.22. The molecule has 0 saturated carbocycles. The molecule has 0 spiro atoms. The molecule has 0 aliphatic rings. The van der Waals surface area contributed by atoms with Gasteiger partial charge in [0.1, 0.15) is 5.82 Å². The first kappa shape index (κ1) is 21.5. The quantitative estimate of drug-likeness (QED) is 0.395. The third kappa shape index (κ3) is 4.21. The standard InChI is InChI=1S/C22H18ClF3N2O2/c1-11-6-7-17(15(23)8-11)28-21-14(22(29)30-2)10-13(19(25)20(21)26)9-12-4-3-5-16(27)18(12)24/h3-8,10,28H,9,27H2,1-2H3. The summed E-state index contributed by atoms with van der Waals surface area (Å²) in [6.45, 7) is 1.82. The lowest BCUT2D eigenvalue weighted by atomic mass is 9.99. The topological polar surface area (TPSA) is 64.3 Å². The summed E-state index contributed by atoms with van der Waals surface area (Å²) < 4.78 is 48.8. The predicted molar refractivity (Wildman–Crippen MR) is 111 cm³/mol. The Morgan fingerprint density at radius 2 is 1.80 bits per heavy atom. The van der Waals surface area contributed by atoms with E-state index in [9.17, 15) is 18.0 Å². The SMILES string of the molecule is COC(=O)c1cc(Cc2cccc(N)c2F)c(F)c(F)c1Nc1ccc(C)cc1Cl. The van der Waals surface area contributed by atoms with Gasteiger partial charge in [0.05, 0.1) is 34.8 Å². The maximum atomic E-state index is 15.0. The van der Waals surface area contributed by atoms with E-state index < -0.39 is 29.1 Å². The molecule has 0 bridgehead atoms. The Balaban J connectivity index is 2.11. The number of ether oxygens (including phenoxy) is 1. The number of methoxy groups -OCH3 is 1. The molecular weight excluding hydrogens is 417 g/mol. The first-order chi connectivity index (χ1) is 14.2. The number of anilines is 3. The third-order valence-electron chi connectivity index (χ3n) is 4.56. The lowest BCUT2D eigenvalue weighted by Gasteiger charge is -2.16. The second-order valence-corrected chi connectivity index (χ2v) is 7.09. The van der Waals surface area contributed by atoms with Gasteiger partial charge in [0.2, 0.25) is 0 Å². The second-order valence-electron chi connectivity index (χ2n) is 6.68. The average Bonchev–Trinajstić information content (AvgIpc) is 2.71. The summed E-state index contributed by atoms with van der Waals surface area (Å²) in [5, 5.41) is 2.92. The molecule has 3 aromatic rings. The number of halogens is 4. The first-order valence-electron chi connectivity index (χ1n) is 8.88. The van der Waals surface area contributed by atoms with Crippen molar-refractivity contribution in [3.05, 3.63) is 87.2 Å². The third-order valence-corrected chi connectivity index (χ3v) is 4.87. The van der Waals surface area contributed by atoms with Crippen molar-refractivity contribution in [1.82, 2.24) is 0 Å².